The van der Waals surface area contributed by atoms with Crippen molar-refractivity contribution in [2.75, 3.05) is 12.0 Å². The SMILES string of the molecule is CSCCCc1nccc(C(=O)O)n1. The molecule has 0 spiro atoms. The third-order valence-electron chi connectivity index (χ3n) is 1.67. The van der Waals surface area contributed by atoms with Crippen molar-refractivity contribution in [3.8, 4) is 0 Å². The van der Waals surface area contributed by atoms with Crippen molar-refractivity contribution in [2.45, 2.75) is 12.8 Å². The molecule has 0 aliphatic carbocycles. The van der Waals surface area contributed by atoms with Crippen LogP contribution in [-0.2, 0) is 6.42 Å². The summed E-state index contributed by atoms with van der Waals surface area (Å²) in [5.74, 6) is 0.651. The smallest absolute Gasteiger partial charge is 0.354 e. The lowest BCUT2D eigenvalue weighted by atomic mass is 10.3. The number of carboxylic acid groups (broad SMARTS) is 1. The first-order valence-electron chi connectivity index (χ1n) is 4.28. The van der Waals surface area contributed by atoms with E-state index in [1.807, 2.05) is 6.26 Å². The van der Waals surface area contributed by atoms with E-state index in [0.29, 0.717) is 5.82 Å². The van der Waals surface area contributed by atoms with Gasteiger partial charge in [-0.2, -0.15) is 11.8 Å². The molecule has 0 aliphatic heterocycles. The van der Waals surface area contributed by atoms with E-state index >= 15 is 0 Å². The van der Waals surface area contributed by atoms with Crippen molar-refractivity contribution in [1.82, 2.24) is 9.97 Å². The second kappa shape index (κ2) is 5.59. The summed E-state index contributed by atoms with van der Waals surface area (Å²) in [7, 11) is 0. The van der Waals surface area contributed by atoms with Gasteiger partial charge in [-0.05, 0) is 24.5 Å². The van der Waals surface area contributed by atoms with E-state index in [1.165, 1.54) is 12.3 Å². The summed E-state index contributed by atoms with van der Waals surface area (Å²) in [6, 6.07) is 1.40. The fourth-order valence-corrected chi connectivity index (χ4v) is 1.45. The third kappa shape index (κ3) is 3.33. The molecule has 5 heteroatoms. The highest BCUT2D eigenvalue weighted by atomic mass is 32.2. The second-order valence-corrected chi connectivity index (χ2v) is 3.75. The van der Waals surface area contributed by atoms with Gasteiger partial charge >= 0.3 is 5.97 Å². The van der Waals surface area contributed by atoms with E-state index in [2.05, 4.69) is 9.97 Å². The van der Waals surface area contributed by atoms with Gasteiger partial charge in [0, 0.05) is 12.6 Å². The molecule has 1 aromatic heterocycles. The standard InChI is InChI=1S/C9H12N2O2S/c1-14-6-2-3-8-10-5-4-7(11-8)9(12)13/h4-5H,2-3,6H2,1H3,(H,12,13). The maximum absolute atomic E-state index is 10.6. The normalized spacial score (nSPS) is 10.1. The van der Waals surface area contributed by atoms with Gasteiger partial charge < -0.3 is 5.11 Å². The number of hydrogen-bond donors (Lipinski definition) is 1. The Morgan fingerprint density at radius 3 is 3.07 bits per heavy atom. The summed E-state index contributed by atoms with van der Waals surface area (Å²) in [6.45, 7) is 0. The molecule has 0 aliphatic rings. The van der Waals surface area contributed by atoms with Gasteiger partial charge in [0.1, 0.15) is 5.82 Å². The average Bonchev–Trinajstić information content (AvgIpc) is 2.19. The summed E-state index contributed by atoms with van der Waals surface area (Å²) in [5, 5.41) is 8.69. The van der Waals surface area contributed by atoms with Gasteiger partial charge in [-0.3, -0.25) is 0 Å². The van der Waals surface area contributed by atoms with Gasteiger partial charge in [0.25, 0.3) is 0 Å². The van der Waals surface area contributed by atoms with Gasteiger partial charge in [0.05, 0.1) is 0 Å². The molecular weight excluding hydrogens is 200 g/mol. The maximum Gasteiger partial charge on any atom is 0.354 e. The largest absolute Gasteiger partial charge is 0.477 e. The molecule has 0 aromatic carbocycles. The van der Waals surface area contributed by atoms with E-state index in [9.17, 15) is 4.79 Å². The zero-order valence-electron chi connectivity index (χ0n) is 7.93. The predicted molar refractivity (Wildman–Crippen MR) is 55.7 cm³/mol. The van der Waals surface area contributed by atoms with E-state index in [-0.39, 0.29) is 5.69 Å². The number of carbonyl (C=O) groups is 1. The van der Waals surface area contributed by atoms with Crippen LogP contribution in [0.3, 0.4) is 0 Å². The minimum absolute atomic E-state index is 0.0687. The van der Waals surface area contributed by atoms with Crippen molar-refractivity contribution in [2.24, 2.45) is 0 Å². The summed E-state index contributed by atoms with van der Waals surface area (Å²) < 4.78 is 0. The predicted octanol–water partition coefficient (Wildman–Crippen LogP) is 1.47. The van der Waals surface area contributed by atoms with E-state index in [1.54, 1.807) is 11.8 Å². The van der Waals surface area contributed by atoms with Gasteiger partial charge in [-0.1, -0.05) is 0 Å². The lowest BCUT2D eigenvalue weighted by molar-refractivity contribution is 0.0690. The minimum Gasteiger partial charge on any atom is -0.477 e. The Morgan fingerprint density at radius 2 is 2.43 bits per heavy atom. The molecule has 0 saturated heterocycles. The Hall–Kier alpha value is -1.10. The van der Waals surface area contributed by atoms with Crippen molar-refractivity contribution in [3.63, 3.8) is 0 Å². The molecule has 1 rings (SSSR count). The van der Waals surface area contributed by atoms with Crippen LogP contribution in [0.4, 0.5) is 0 Å². The van der Waals surface area contributed by atoms with Gasteiger partial charge in [0.15, 0.2) is 5.69 Å². The Morgan fingerprint density at radius 1 is 1.64 bits per heavy atom. The van der Waals surface area contributed by atoms with Gasteiger partial charge in [0.2, 0.25) is 0 Å². The quantitative estimate of drug-likeness (QED) is 0.749. The monoisotopic (exact) mass is 212 g/mol. The highest BCUT2D eigenvalue weighted by molar-refractivity contribution is 7.98. The number of aryl methyl sites for hydroxylation is 1. The third-order valence-corrected chi connectivity index (χ3v) is 2.37. The van der Waals surface area contributed by atoms with Gasteiger partial charge in [-0.25, -0.2) is 14.8 Å². The molecule has 1 N–H and O–H groups in total. The van der Waals surface area contributed by atoms with E-state index in [0.717, 1.165) is 18.6 Å². The second-order valence-electron chi connectivity index (χ2n) is 2.76. The number of thioether (sulfide) groups is 1. The maximum atomic E-state index is 10.6. The van der Waals surface area contributed by atoms with Crippen LogP contribution in [-0.4, -0.2) is 33.1 Å². The van der Waals surface area contributed by atoms with E-state index < -0.39 is 5.97 Å². The topological polar surface area (TPSA) is 63.1 Å². The first-order chi connectivity index (χ1) is 6.74. The molecule has 0 saturated carbocycles. The van der Waals surface area contributed by atoms with Crippen molar-refractivity contribution in [3.05, 3.63) is 23.8 Å². The van der Waals surface area contributed by atoms with Crippen LogP contribution in [0.5, 0.6) is 0 Å². The number of rotatable bonds is 5. The van der Waals surface area contributed by atoms with Crippen LogP contribution in [0.15, 0.2) is 12.3 Å². The number of nitrogens with zero attached hydrogens (tertiary/aromatic N) is 2. The molecule has 0 amide bonds. The Bertz CT molecular complexity index is 317. The summed E-state index contributed by atoms with van der Waals surface area (Å²) >= 11 is 1.76. The molecule has 76 valence electrons. The zero-order valence-corrected chi connectivity index (χ0v) is 8.75. The van der Waals surface area contributed by atoms with Crippen LogP contribution in [0.1, 0.15) is 22.7 Å². The number of carboxylic acids is 1. The van der Waals surface area contributed by atoms with Crippen LogP contribution in [0, 0.1) is 0 Å². The number of hydrogen-bond acceptors (Lipinski definition) is 4. The Balaban J connectivity index is 2.59. The van der Waals surface area contributed by atoms with Crippen molar-refractivity contribution >= 4 is 17.7 Å². The molecule has 0 fully saturated rings. The summed E-state index contributed by atoms with van der Waals surface area (Å²) in [4.78, 5) is 18.5. The van der Waals surface area contributed by atoms with Crippen LogP contribution in [0.2, 0.25) is 0 Å². The minimum atomic E-state index is -1.00. The molecule has 14 heavy (non-hydrogen) atoms. The summed E-state index contributed by atoms with van der Waals surface area (Å²) in [5.41, 5.74) is 0.0687. The Kier molecular flexibility index (Phi) is 4.39. The van der Waals surface area contributed by atoms with E-state index in [4.69, 9.17) is 5.11 Å². The molecular formula is C9H12N2O2S. The van der Waals surface area contributed by atoms with Gasteiger partial charge in [-0.15, -0.1) is 0 Å². The van der Waals surface area contributed by atoms with Crippen LogP contribution < -0.4 is 0 Å². The van der Waals surface area contributed by atoms with Crippen molar-refractivity contribution < 1.29 is 9.90 Å². The van der Waals surface area contributed by atoms with Crippen molar-refractivity contribution in [1.29, 1.82) is 0 Å². The molecule has 4 nitrogen and oxygen atoms in total. The first-order valence-corrected chi connectivity index (χ1v) is 5.67. The zero-order chi connectivity index (χ0) is 10.4. The molecule has 1 aromatic rings. The number of aromatic carboxylic acids is 1. The lowest BCUT2D eigenvalue weighted by Crippen LogP contribution is -2.04. The molecule has 0 unspecified atom stereocenters. The highest BCUT2D eigenvalue weighted by Crippen LogP contribution is 2.02. The Labute approximate surface area is 86.8 Å². The van der Waals surface area contributed by atoms with Crippen LogP contribution >= 0.6 is 11.8 Å². The summed E-state index contributed by atoms with van der Waals surface area (Å²) in [6.07, 6.45) is 5.24. The van der Waals surface area contributed by atoms with Crippen LogP contribution in [0.25, 0.3) is 0 Å². The molecule has 0 bridgehead atoms. The number of aromatic nitrogens is 2. The fraction of sp³-hybridized carbons (Fsp3) is 0.444. The lowest BCUT2D eigenvalue weighted by Gasteiger charge is -1.99. The fourth-order valence-electron chi connectivity index (χ4n) is 1.01. The average molecular weight is 212 g/mol. The molecule has 1 heterocycles. The molecule has 0 radical (unpaired) electrons. The highest BCUT2D eigenvalue weighted by Gasteiger charge is 2.05. The first kappa shape index (κ1) is 11.0. The molecule has 0 atom stereocenters.